The van der Waals surface area contributed by atoms with Crippen molar-refractivity contribution in [3.05, 3.63) is 20.9 Å². The average molecular weight is 312 g/mol. The third kappa shape index (κ3) is 3.64. The lowest BCUT2D eigenvalue weighted by Gasteiger charge is -2.09. The van der Waals surface area contributed by atoms with Crippen molar-refractivity contribution < 1.29 is 9.53 Å². The zero-order chi connectivity index (χ0) is 13.7. The monoisotopic (exact) mass is 310 g/mol. The van der Waals surface area contributed by atoms with Gasteiger partial charge in [-0.25, -0.2) is 9.78 Å². The number of anilines is 1. The summed E-state index contributed by atoms with van der Waals surface area (Å²) >= 11 is 17.4. The van der Waals surface area contributed by atoms with Gasteiger partial charge in [0.25, 0.3) is 0 Å². The Balaban J connectivity index is 2.80. The maximum atomic E-state index is 11.7. The molecular weight excluding hydrogens is 298 g/mol. The fourth-order valence-electron chi connectivity index (χ4n) is 1.25. The molecule has 0 unspecified atom stereocenters. The van der Waals surface area contributed by atoms with Crippen molar-refractivity contribution in [2.75, 3.05) is 12.3 Å². The Morgan fingerprint density at radius 2 is 1.94 bits per heavy atom. The van der Waals surface area contributed by atoms with Crippen molar-refractivity contribution >= 4 is 46.5 Å². The lowest BCUT2D eigenvalue weighted by atomic mass is 10.3. The second-order valence-corrected chi connectivity index (χ2v) is 4.75. The molecule has 0 aliphatic heterocycles. The summed E-state index contributed by atoms with van der Waals surface area (Å²) < 4.78 is 5.02. The summed E-state index contributed by atoms with van der Waals surface area (Å²) in [6.45, 7) is 2.37. The molecule has 0 aromatic carbocycles. The SMILES string of the molecule is CCCCCOC(=O)c1nc(Cl)c(Cl)c(N)c1Cl. The second-order valence-electron chi connectivity index (χ2n) is 3.64. The molecule has 1 aromatic rings. The fraction of sp³-hybridized carbons (Fsp3) is 0.455. The minimum Gasteiger partial charge on any atom is -0.461 e. The number of unbranched alkanes of at least 4 members (excludes halogenated alkanes) is 2. The van der Waals surface area contributed by atoms with Gasteiger partial charge in [-0.3, -0.25) is 0 Å². The molecule has 0 saturated heterocycles. The van der Waals surface area contributed by atoms with Crippen LogP contribution in [0.1, 0.15) is 36.7 Å². The Bertz CT molecular complexity index is 452. The number of aromatic nitrogens is 1. The van der Waals surface area contributed by atoms with E-state index in [9.17, 15) is 4.79 Å². The number of nitrogens with two attached hydrogens (primary N) is 1. The van der Waals surface area contributed by atoms with E-state index in [-0.39, 0.29) is 26.6 Å². The van der Waals surface area contributed by atoms with Crippen LogP contribution in [0.4, 0.5) is 5.69 Å². The van der Waals surface area contributed by atoms with Gasteiger partial charge < -0.3 is 10.5 Å². The van der Waals surface area contributed by atoms with Gasteiger partial charge in [0.05, 0.1) is 17.3 Å². The third-order valence-corrected chi connectivity index (χ3v) is 3.38. The van der Waals surface area contributed by atoms with Crippen LogP contribution in [0.25, 0.3) is 0 Å². The number of hydrogen-bond donors (Lipinski definition) is 1. The van der Waals surface area contributed by atoms with E-state index in [0.717, 1.165) is 19.3 Å². The van der Waals surface area contributed by atoms with E-state index in [1.54, 1.807) is 0 Å². The largest absolute Gasteiger partial charge is 0.461 e. The van der Waals surface area contributed by atoms with Crippen LogP contribution < -0.4 is 5.73 Å². The summed E-state index contributed by atoms with van der Waals surface area (Å²) in [6, 6.07) is 0. The number of esters is 1. The number of hydrogen-bond acceptors (Lipinski definition) is 4. The zero-order valence-corrected chi connectivity index (χ0v) is 12.1. The van der Waals surface area contributed by atoms with Gasteiger partial charge in [0.2, 0.25) is 0 Å². The summed E-state index contributed by atoms with van der Waals surface area (Å²) in [5.41, 5.74) is 5.52. The summed E-state index contributed by atoms with van der Waals surface area (Å²) in [6.07, 6.45) is 2.81. The Labute approximate surface area is 120 Å². The molecule has 18 heavy (non-hydrogen) atoms. The number of carbonyl (C=O) groups is 1. The number of halogens is 3. The highest BCUT2D eigenvalue weighted by Crippen LogP contribution is 2.34. The molecule has 4 nitrogen and oxygen atoms in total. The molecule has 0 radical (unpaired) electrons. The molecule has 0 aliphatic rings. The van der Waals surface area contributed by atoms with Crippen molar-refractivity contribution in [3.63, 3.8) is 0 Å². The van der Waals surface area contributed by atoms with Crippen LogP contribution in [0.5, 0.6) is 0 Å². The predicted octanol–water partition coefficient (Wildman–Crippen LogP) is 3.97. The van der Waals surface area contributed by atoms with E-state index in [4.69, 9.17) is 45.3 Å². The van der Waals surface area contributed by atoms with E-state index >= 15 is 0 Å². The molecule has 0 fully saturated rings. The molecule has 0 atom stereocenters. The average Bonchev–Trinajstić information content (AvgIpc) is 2.36. The number of pyridine rings is 1. The Morgan fingerprint density at radius 1 is 1.28 bits per heavy atom. The molecular formula is C11H13Cl3N2O2. The van der Waals surface area contributed by atoms with Crippen LogP contribution in [-0.4, -0.2) is 17.6 Å². The Hall–Kier alpha value is -0.710. The maximum Gasteiger partial charge on any atom is 0.358 e. The van der Waals surface area contributed by atoms with Crippen LogP contribution in [0, 0.1) is 0 Å². The van der Waals surface area contributed by atoms with Gasteiger partial charge in [-0.15, -0.1) is 0 Å². The smallest absolute Gasteiger partial charge is 0.358 e. The van der Waals surface area contributed by atoms with Gasteiger partial charge >= 0.3 is 5.97 Å². The third-order valence-electron chi connectivity index (χ3n) is 2.25. The van der Waals surface area contributed by atoms with Gasteiger partial charge in [-0.05, 0) is 6.42 Å². The normalized spacial score (nSPS) is 10.4. The van der Waals surface area contributed by atoms with Gasteiger partial charge in [0.1, 0.15) is 5.02 Å². The molecule has 1 rings (SSSR count). The van der Waals surface area contributed by atoms with Gasteiger partial charge in [0.15, 0.2) is 10.8 Å². The molecule has 1 aromatic heterocycles. The molecule has 2 N–H and O–H groups in total. The lowest BCUT2D eigenvalue weighted by Crippen LogP contribution is -2.11. The molecule has 7 heteroatoms. The van der Waals surface area contributed by atoms with Crippen molar-refractivity contribution in [1.29, 1.82) is 0 Å². The number of rotatable bonds is 5. The highest BCUT2D eigenvalue weighted by Gasteiger charge is 2.20. The van der Waals surface area contributed by atoms with E-state index in [1.807, 2.05) is 0 Å². The molecule has 1 heterocycles. The summed E-state index contributed by atoms with van der Waals surface area (Å²) in [5, 5.41) is -0.0758. The molecule has 0 saturated carbocycles. The van der Waals surface area contributed by atoms with E-state index < -0.39 is 5.97 Å². The summed E-state index contributed by atoms with van der Waals surface area (Å²) in [5.74, 6) is -0.652. The van der Waals surface area contributed by atoms with E-state index in [1.165, 1.54) is 0 Å². The highest BCUT2D eigenvalue weighted by molar-refractivity contribution is 6.46. The van der Waals surface area contributed by atoms with E-state index in [0.29, 0.717) is 6.61 Å². The second kappa shape index (κ2) is 7.02. The van der Waals surface area contributed by atoms with Crippen LogP contribution >= 0.6 is 34.8 Å². The molecule has 100 valence electrons. The topological polar surface area (TPSA) is 65.2 Å². The molecule has 0 amide bonds. The molecule has 0 aliphatic carbocycles. The van der Waals surface area contributed by atoms with Crippen LogP contribution in [0.15, 0.2) is 0 Å². The zero-order valence-electron chi connectivity index (χ0n) is 9.80. The first-order chi connectivity index (χ1) is 8.49. The van der Waals surface area contributed by atoms with Gasteiger partial charge in [-0.1, -0.05) is 54.6 Å². The van der Waals surface area contributed by atoms with Crippen LogP contribution in [-0.2, 0) is 4.74 Å². The van der Waals surface area contributed by atoms with Crippen LogP contribution in [0.2, 0.25) is 15.2 Å². The lowest BCUT2D eigenvalue weighted by molar-refractivity contribution is 0.0491. The predicted molar refractivity (Wildman–Crippen MR) is 73.5 cm³/mol. The van der Waals surface area contributed by atoms with Crippen LogP contribution in [0.3, 0.4) is 0 Å². The summed E-state index contributed by atoms with van der Waals surface area (Å²) in [7, 11) is 0. The maximum absolute atomic E-state index is 11.7. The highest BCUT2D eigenvalue weighted by atomic mass is 35.5. The first-order valence-electron chi connectivity index (χ1n) is 5.46. The van der Waals surface area contributed by atoms with Crippen molar-refractivity contribution in [1.82, 2.24) is 4.98 Å². The first kappa shape index (κ1) is 15.3. The Kier molecular flexibility index (Phi) is 5.99. The number of ether oxygens (including phenoxy) is 1. The summed E-state index contributed by atoms with van der Waals surface area (Å²) in [4.78, 5) is 15.5. The quantitative estimate of drug-likeness (QED) is 0.507. The number of carbonyl (C=O) groups excluding carboxylic acids is 1. The molecule has 0 spiro atoms. The van der Waals surface area contributed by atoms with Crippen molar-refractivity contribution in [2.24, 2.45) is 0 Å². The fourth-order valence-corrected chi connectivity index (χ4v) is 1.84. The molecule has 0 bridgehead atoms. The minimum atomic E-state index is -0.652. The standard InChI is InChI=1S/C11H13Cl3N2O2/c1-2-3-4-5-18-11(17)9-6(12)8(15)7(13)10(14)16-9/h2-5H2,1H3,(H2,15,16). The van der Waals surface area contributed by atoms with E-state index in [2.05, 4.69) is 11.9 Å². The number of nitrogens with zero attached hydrogens (tertiary/aromatic N) is 1. The van der Waals surface area contributed by atoms with Crippen molar-refractivity contribution in [3.8, 4) is 0 Å². The van der Waals surface area contributed by atoms with Crippen molar-refractivity contribution in [2.45, 2.75) is 26.2 Å². The Morgan fingerprint density at radius 3 is 2.56 bits per heavy atom. The number of nitrogen functional groups attached to an aromatic ring is 1. The van der Waals surface area contributed by atoms with Gasteiger partial charge in [-0.2, -0.15) is 0 Å². The first-order valence-corrected chi connectivity index (χ1v) is 6.59. The van der Waals surface area contributed by atoms with Gasteiger partial charge in [0, 0.05) is 0 Å². The minimum absolute atomic E-state index is 0.0267.